The summed E-state index contributed by atoms with van der Waals surface area (Å²) in [4.78, 5) is 11.0. The van der Waals surface area contributed by atoms with Crippen molar-refractivity contribution in [3.05, 3.63) is 40.8 Å². The van der Waals surface area contributed by atoms with Crippen LogP contribution in [0.25, 0.3) is 11.0 Å². The van der Waals surface area contributed by atoms with Crippen LogP contribution in [0.4, 0.5) is 0 Å². The fourth-order valence-corrected chi connectivity index (χ4v) is 1.19. The predicted octanol–water partition coefficient (Wildman–Crippen LogP) is 1.60. The van der Waals surface area contributed by atoms with Gasteiger partial charge in [-0.2, -0.15) is 0 Å². The smallest absolute Gasteiger partial charge is 0.339 e. The Kier molecular flexibility index (Phi) is 1.77. The van der Waals surface area contributed by atoms with Crippen LogP contribution in [0.1, 0.15) is 0 Å². The molecule has 1 aromatic heterocycles. The lowest BCUT2D eigenvalue weighted by atomic mass is 10.2. The molecule has 2 rings (SSSR count). The summed E-state index contributed by atoms with van der Waals surface area (Å²) in [6.07, 6.45) is 0. The standard InChI is InChI=1S/C10H7O3/c1-12-9-6-10(11)13-8-5-3-2-4-7(8)9/h2,4-6H,1H3. The van der Waals surface area contributed by atoms with Crippen molar-refractivity contribution in [1.82, 2.24) is 0 Å². The number of hydrogen-bond acceptors (Lipinski definition) is 3. The minimum absolute atomic E-state index is 0.413. The van der Waals surface area contributed by atoms with E-state index in [0.29, 0.717) is 11.3 Å². The average molecular weight is 175 g/mol. The van der Waals surface area contributed by atoms with Crippen molar-refractivity contribution in [2.24, 2.45) is 0 Å². The molecule has 0 saturated heterocycles. The normalized spacial score (nSPS) is 10.2. The molecule has 65 valence electrons. The fraction of sp³-hybridized carbons (Fsp3) is 0.100. The molecule has 3 heteroatoms. The van der Waals surface area contributed by atoms with E-state index in [9.17, 15) is 4.79 Å². The monoisotopic (exact) mass is 175 g/mol. The Morgan fingerprint density at radius 2 is 2.38 bits per heavy atom. The van der Waals surface area contributed by atoms with E-state index >= 15 is 0 Å². The van der Waals surface area contributed by atoms with Crippen LogP contribution in [0.5, 0.6) is 5.75 Å². The zero-order chi connectivity index (χ0) is 9.26. The van der Waals surface area contributed by atoms with Gasteiger partial charge in [-0.3, -0.25) is 0 Å². The Bertz CT molecular complexity index is 485. The number of methoxy groups -OCH3 is 1. The highest BCUT2D eigenvalue weighted by Gasteiger charge is 2.03. The van der Waals surface area contributed by atoms with Crippen molar-refractivity contribution < 1.29 is 9.15 Å². The molecule has 3 nitrogen and oxygen atoms in total. The molecule has 0 unspecified atom stereocenters. The molecular formula is C10H7O3. The van der Waals surface area contributed by atoms with Crippen LogP contribution in [0.3, 0.4) is 0 Å². The highest BCUT2D eigenvalue weighted by Crippen LogP contribution is 2.21. The lowest BCUT2D eigenvalue weighted by Gasteiger charge is -2.01. The van der Waals surface area contributed by atoms with E-state index in [4.69, 9.17) is 9.15 Å². The van der Waals surface area contributed by atoms with E-state index < -0.39 is 5.63 Å². The van der Waals surface area contributed by atoms with Gasteiger partial charge in [-0.1, -0.05) is 6.07 Å². The summed E-state index contributed by atoms with van der Waals surface area (Å²) in [6, 6.07) is 9.29. The van der Waals surface area contributed by atoms with Gasteiger partial charge >= 0.3 is 5.63 Å². The molecule has 1 aromatic carbocycles. The molecule has 0 aliphatic heterocycles. The summed E-state index contributed by atoms with van der Waals surface area (Å²) >= 11 is 0. The molecule has 0 amide bonds. The van der Waals surface area contributed by atoms with Crippen LogP contribution < -0.4 is 10.4 Å². The third-order valence-electron chi connectivity index (χ3n) is 1.77. The number of benzene rings is 1. The van der Waals surface area contributed by atoms with Crippen LogP contribution in [-0.4, -0.2) is 7.11 Å². The Labute approximate surface area is 74.6 Å². The van der Waals surface area contributed by atoms with E-state index in [-0.39, 0.29) is 0 Å². The second-order valence-electron chi connectivity index (χ2n) is 2.56. The van der Waals surface area contributed by atoms with Gasteiger partial charge < -0.3 is 9.15 Å². The molecule has 0 atom stereocenters. The summed E-state index contributed by atoms with van der Waals surface area (Å²) < 4.78 is 9.97. The molecule has 0 aliphatic carbocycles. The predicted molar refractivity (Wildman–Crippen MR) is 47.9 cm³/mol. The molecular weight excluding hydrogens is 168 g/mol. The maximum absolute atomic E-state index is 11.0. The molecule has 1 radical (unpaired) electrons. The third-order valence-corrected chi connectivity index (χ3v) is 1.77. The highest BCUT2D eigenvalue weighted by atomic mass is 16.5. The third kappa shape index (κ3) is 1.28. The topological polar surface area (TPSA) is 39.4 Å². The number of ether oxygens (including phenoxy) is 1. The summed E-state index contributed by atoms with van der Waals surface area (Å²) in [7, 11) is 1.52. The largest absolute Gasteiger partial charge is 0.496 e. The van der Waals surface area contributed by atoms with Crippen LogP contribution in [-0.2, 0) is 0 Å². The van der Waals surface area contributed by atoms with Crippen LogP contribution in [0.15, 0.2) is 33.5 Å². The lowest BCUT2D eigenvalue weighted by Crippen LogP contribution is -1.98. The van der Waals surface area contributed by atoms with E-state index in [0.717, 1.165) is 5.39 Å². The van der Waals surface area contributed by atoms with E-state index in [1.54, 1.807) is 18.2 Å². The van der Waals surface area contributed by atoms with Gasteiger partial charge in [0.05, 0.1) is 18.6 Å². The lowest BCUT2D eigenvalue weighted by molar-refractivity contribution is 0.413. The van der Waals surface area contributed by atoms with Gasteiger partial charge in [0.25, 0.3) is 0 Å². The quantitative estimate of drug-likeness (QED) is 0.618. The van der Waals surface area contributed by atoms with Crippen molar-refractivity contribution >= 4 is 11.0 Å². The minimum atomic E-state index is -0.413. The van der Waals surface area contributed by atoms with Crippen LogP contribution in [0, 0.1) is 6.07 Å². The van der Waals surface area contributed by atoms with E-state index in [1.165, 1.54) is 13.2 Å². The highest BCUT2D eigenvalue weighted by molar-refractivity contribution is 5.82. The molecule has 0 aliphatic rings. The van der Waals surface area contributed by atoms with Crippen molar-refractivity contribution in [2.75, 3.05) is 7.11 Å². The first-order valence-electron chi connectivity index (χ1n) is 3.79. The summed E-state index contributed by atoms with van der Waals surface area (Å²) in [6.45, 7) is 0. The van der Waals surface area contributed by atoms with Gasteiger partial charge in [-0.25, -0.2) is 4.79 Å². The molecule has 0 N–H and O–H groups in total. The van der Waals surface area contributed by atoms with Crippen LogP contribution >= 0.6 is 0 Å². The number of hydrogen-bond donors (Lipinski definition) is 0. The van der Waals surface area contributed by atoms with Crippen molar-refractivity contribution in [1.29, 1.82) is 0 Å². The number of fused-ring (bicyclic) bond motifs is 1. The van der Waals surface area contributed by atoms with Gasteiger partial charge in [-0.15, -0.1) is 0 Å². The van der Waals surface area contributed by atoms with E-state index in [1.807, 2.05) is 0 Å². The Morgan fingerprint density at radius 1 is 1.54 bits per heavy atom. The number of rotatable bonds is 1. The second kappa shape index (κ2) is 2.94. The van der Waals surface area contributed by atoms with Gasteiger partial charge in [0, 0.05) is 0 Å². The van der Waals surface area contributed by atoms with Gasteiger partial charge in [0.2, 0.25) is 0 Å². The summed E-state index contributed by atoms with van der Waals surface area (Å²) in [5.74, 6) is 0.528. The van der Waals surface area contributed by atoms with Crippen molar-refractivity contribution in [3.63, 3.8) is 0 Å². The zero-order valence-corrected chi connectivity index (χ0v) is 7.03. The Balaban J connectivity index is 2.89. The summed E-state index contributed by atoms with van der Waals surface area (Å²) in [5, 5.41) is 0.779. The van der Waals surface area contributed by atoms with Gasteiger partial charge in [0.15, 0.2) is 0 Å². The maximum atomic E-state index is 11.0. The Hall–Kier alpha value is -1.77. The minimum Gasteiger partial charge on any atom is -0.496 e. The Morgan fingerprint density at radius 3 is 3.15 bits per heavy atom. The van der Waals surface area contributed by atoms with Crippen molar-refractivity contribution in [3.8, 4) is 5.75 Å². The van der Waals surface area contributed by atoms with Gasteiger partial charge in [0.1, 0.15) is 11.3 Å². The first-order valence-corrected chi connectivity index (χ1v) is 3.79. The van der Waals surface area contributed by atoms with Gasteiger partial charge in [-0.05, 0) is 18.2 Å². The molecule has 0 spiro atoms. The van der Waals surface area contributed by atoms with Crippen molar-refractivity contribution in [2.45, 2.75) is 0 Å². The first-order chi connectivity index (χ1) is 6.31. The maximum Gasteiger partial charge on any atom is 0.339 e. The molecule has 0 fully saturated rings. The molecule has 0 saturated carbocycles. The second-order valence-corrected chi connectivity index (χ2v) is 2.56. The van der Waals surface area contributed by atoms with E-state index in [2.05, 4.69) is 6.07 Å². The SMILES string of the molecule is COc1cc(=O)oc2c[c]ccc12. The molecule has 1 heterocycles. The zero-order valence-electron chi connectivity index (χ0n) is 7.03. The average Bonchev–Trinajstić information content (AvgIpc) is 2.16. The fourth-order valence-electron chi connectivity index (χ4n) is 1.19. The summed E-state index contributed by atoms with van der Waals surface area (Å²) in [5.41, 5.74) is 0.0794. The molecule has 2 aromatic rings. The van der Waals surface area contributed by atoms with Crippen LogP contribution in [0.2, 0.25) is 0 Å². The molecule has 0 bridgehead atoms. The first kappa shape index (κ1) is 7.86. The molecule has 13 heavy (non-hydrogen) atoms.